The molecule has 7 heteroatoms. The maximum atomic E-state index is 11.7. The number of hydrogen-bond donors (Lipinski definition) is 2. The van der Waals surface area contributed by atoms with Crippen molar-refractivity contribution in [1.82, 2.24) is 9.78 Å². The zero-order valence-corrected chi connectivity index (χ0v) is 11.3. The summed E-state index contributed by atoms with van der Waals surface area (Å²) in [7, 11) is 1.73. The zero-order chi connectivity index (χ0) is 14.0. The van der Waals surface area contributed by atoms with Crippen LogP contribution in [0.3, 0.4) is 0 Å². The molecule has 2 rings (SSSR count). The molecule has 0 radical (unpaired) electrons. The second-order valence-electron chi connectivity index (χ2n) is 4.57. The first-order valence-corrected chi connectivity index (χ1v) is 6.27. The second kappa shape index (κ2) is 5.40. The number of amides is 2. The summed E-state index contributed by atoms with van der Waals surface area (Å²) in [5.41, 5.74) is 0.868. The fraction of sp³-hybridized carbons (Fsp3) is 0.583. The molecule has 0 fully saturated rings. The number of ether oxygens (including phenoxy) is 1. The van der Waals surface area contributed by atoms with Crippen LogP contribution in [0.25, 0.3) is 0 Å². The van der Waals surface area contributed by atoms with Gasteiger partial charge in [0.2, 0.25) is 5.91 Å². The third-order valence-corrected chi connectivity index (χ3v) is 3.02. The quantitative estimate of drug-likeness (QED) is 0.845. The van der Waals surface area contributed by atoms with E-state index in [2.05, 4.69) is 15.7 Å². The Balaban J connectivity index is 2.21. The molecule has 2 N–H and O–H groups in total. The van der Waals surface area contributed by atoms with E-state index in [9.17, 15) is 9.59 Å². The van der Waals surface area contributed by atoms with Crippen molar-refractivity contribution in [1.29, 1.82) is 0 Å². The van der Waals surface area contributed by atoms with Crippen LogP contribution in [-0.4, -0.2) is 34.8 Å². The molecule has 0 unspecified atom stereocenters. The van der Waals surface area contributed by atoms with E-state index in [4.69, 9.17) is 4.74 Å². The largest absolute Gasteiger partial charge is 0.372 e. The summed E-state index contributed by atoms with van der Waals surface area (Å²) >= 11 is 0. The average Bonchev–Trinajstić information content (AvgIpc) is 2.63. The molecule has 0 spiro atoms. The van der Waals surface area contributed by atoms with Crippen LogP contribution in [0.15, 0.2) is 0 Å². The number of nitrogens with zero attached hydrogens (tertiary/aromatic N) is 2. The molecular formula is C12H18N4O3. The molecule has 7 nitrogen and oxygen atoms in total. The van der Waals surface area contributed by atoms with Gasteiger partial charge in [-0.25, -0.2) is 0 Å². The molecule has 0 bridgehead atoms. The second-order valence-corrected chi connectivity index (χ2v) is 4.57. The highest BCUT2D eigenvalue weighted by molar-refractivity contribution is 5.97. The lowest BCUT2D eigenvalue weighted by Gasteiger charge is -2.20. The van der Waals surface area contributed by atoms with E-state index in [0.717, 1.165) is 5.56 Å². The molecule has 0 saturated heterocycles. The van der Waals surface area contributed by atoms with Crippen molar-refractivity contribution in [2.45, 2.75) is 26.2 Å². The number of nitrogens with one attached hydrogen (secondary N) is 2. The van der Waals surface area contributed by atoms with Gasteiger partial charge in [0.25, 0.3) is 5.91 Å². The van der Waals surface area contributed by atoms with E-state index in [1.54, 1.807) is 11.7 Å². The average molecular weight is 266 g/mol. The van der Waals surface area contributed by atoms with Crippen LogP contribution in [0.2, 0.25) is 0 Å². The first-order valence-electron chi connectivity index (χ1n) is 6.27. The van der Waals surface area contributed by atoms with Gasteiger partial charge in [-0.05, 0) is 12.8 Å². The van der Waals surface area contributed by atoms with Crippen molar-refractivity contribution in [2.75, 3.05) is 23.8 Å². The minimum Gasteiger partial charge on any atom is -0.372 e. The van der Waals surface area contributed by atoms with Gasteiger partial charge in [0.05, 0.1) is 0 Å². The number of aromatic nitrogens is 2. The SMILES string of the molecule is CCOCC(=O)Nc1nn(C)c2c1[C@@H](C)CC(=O)N2. The highest BCUT2D eigenvalue weighted by Gasteiger charge is 2.29. The summed E-state index contributed by atoms with van der Waals surface area (Å²) in [6.07, 6.45) is 0.396. The highest BCUT2D eigenvalue weighted by atomic mass is 16.5. The molecule has 2 amide bonds. The lowest BCUT2D eigenvalue weighted by Crippen LogP contribution is -2.24. The van der Waals surface area contributed by atoms with Crippen molar-refractivity contribution < 1.29 is 14.3 Å². The van der Waals surface area contributed by atoms with Crippen LogP contribution < -0.4 is 10.6 Å². The van der Waals surface area contributed by atoms with E-state index in [1.807, 2.05) is 13.8 Å². The Kier molecular flexibility index (Phi) is 3.84. The molecule has 1 aliphatic heterocycles. The standard InChI is InChI=1S/C12H18N4O3/c1-4-19-6-9(18)13-11-10-7(2)5-8(17)14-12(10)16(3)15-11/h7H,4-6H2,1-3H3,(H,14,17)(H,13,15,18)/t7-/m0/s1. The van der Waals surface area contributed by atoms with E-state index < -0.39 is 0 Å². The smallest absolute Gasteiger partial charge is 0.251 e. The topological polar surface area (TPSA) is 85.2 Å². The lowest BCUT2D eigenvalue weighted by molar-refractivity contribution is -0.120. The summed E-state index contributed by atoms with van der Waals surface area (Å²) in [5.74, 6) is 0.895. The zero-order valence-electron chi connectivity index (χ0n) is 11.3. The Morgan fingerprint density at radius 3 is 3.05 bits per heavy atom. The number of fused-ring (bicyclic) bond motifs is 1. The molecule has 104 valence electrons. The van der Waals surface area contributed by atoms with Gasteiger partial charge in [0, 0.05) is 25.6 Å². The van der Waals surface area contributed by atoms with Crippen LogP contribution in [-0.2, 0) is 21.4 Å². The van der Waals surface area contributed by atoms with Gasteiger partial charge < -0.3 is 15.4 Å². The molecule has 19 heavy (non-hydrogen) atoms. The molecular weight excluding hydrogens is 248 g/mol. The summed E-state index contributed by atoms with van der Waals surface area (Å²) in [4.78, 5) is 23.2. The molecule has 0 aliphatic carbocycles. The van der Waals surface area contributed by atoms with Crippen LogP contribution >= 0.6 is 0 Å². The monoisotopic (exact) mass is 266 g/mol. The molecule has 2 heterocycles. The fourth-order valence-corrected chi connectivity index (χ4v) is 2.17. The number of rotatable bonds is 4. The predicted molar refractivity (Wildman–Crippen MR) is 70.0 cm³/mol. The first-order chi connectivity index (χ1) is 9.02. The number of hydrogen-bond acceptors (Lipinski definition) is 4. The van der Waals surface area contributed by atoms with E-state index in [-0.39, 0.29) is 24.3 Å². The Bertz CT molecular complexity index is 509. The van der Waals surface area contributed by atoms with Crippen LogP contribution in [0.5, 0.6) is 0 Å². The Morgan fingerprint density at radius 1 is 1.63 bits per heavy atom. The van der Waals surface area contributed by atoms with Crippen LogP contribution in [0, 0.1) is 0 Å². The summed E-state index contributed by atoms with van der Waals surface area (Å²) in [5, 5.41) is 9.74. The molecule has 1 aromatic heterocycles. The predicted octanol–water partition coefficient (Wildman–Crippen LogP) is 0.841. The third kappa shape index (κ3) is 2.76. The molecule has 1 atom stereocenters. The van der Waals surface area contributed by atoms with Crippen LogP contribution in [0.1, 0.15) is 31.7 Å². The van der Waals surface area contributed by atoms with Crippen molar-refractivity contribution in [3.05, 3.63) is 5.56 Å². The Morgan fingerprint density at radius 2 is 2.37 bits per heavy atom. The van der Waals surface area contributed by atoms with Gasteiger partial charge >= 0.3 is 0 Å². The summed E-state index contributed by atoms with van der Waals surface area (Å²) in [6, 6.07) is 0. The van der Waals surface area contributed by atoms with Gasteiger partial charge in [0.15, 0.2) is 5.82 Å². The van der Waals surface area contributed by atoms with E-state index in [0.29, 0.717) is 24.7 Å². The van der Waals surface area contributed by atoms with Gasteiger partial charge in [0.1, 0.15) is 12.4 Å². The number of aryl methyl sites for hydroxylation is 1. The highest BCUT2D eigenvalue weighted by Crippen LogP contribution is 2.36. The Hall–Kier alpha value is -1.89. The van der Waals surface area contributed by atoms with Crippen molar-refractivity contribution >= 4 is 23.5 Å². The third-order valence-electron chi connectivity index (χ3n) is 3.02. The molecule has 1 aliphatic rings. The minimum atomic E-state index is -0.244. The van der Waals surface area contributed by atoms with Gasteiger partial charge in [-0.3, -0.25) is 14.3 Å². The maximum absolute atomic E-state index is 11.7. The maximum Gasteiger partial charge on any atom is 0.251 e. The molecule has 0 aromatic carbocycles. The lowest BCUT2D eigenvalue weighted by atomic mass is 9.95. The number of carbonyl (C=O) groups excluding carboxylic acids is 2. The number of carbonyl (C=O) groups is 2. The van der Waals surface area contributed by atoms with Crippen molar-refractivity contribution in [3.8, 4) is 0 Å². The van der Waals surface area contributed by atoms with Crippen LogP contribution in [0.4, 0.5) is 11.6 Å². The molecule has 0 saturated carbocycles. The van der Waals surface area contributed by atoms with Crippen molar-refractivity contribution in [2.24, 2.45) is 7.05 Å². The molecule has 1 aromatic rings. The van der Waals surface area contributed by atoms with Gasteiger partial charge in [-0.15, -0.1) is 0 Å². The van der Waals surface area contributed by atoms with Gasteiger partial charge in [-0.2, -0.15) is 5.10 Å². The van der Waals surface area contributed by atoms with Crippen molar-refractivity contribution in [3.63, 3.8) is 0 Å². The minimum absolute atomic E-state index is 0.00257. The summed E-state index contributed by atoms with van der Waals surface area (Å²) < 4.78 is 6.61. The fourth-order valence-electron chi connectivity index (χ4n) is 2.17. The normalized spacial score (nSPS) is 17.8. The summed E-state index contributed by atoms with van der Waals surface area (Å²) in [6.45, 7) is 4.26. The first kappa shape index (κ1) is 13.5. The van der Waals surface area contributed by atoms with E-state index in [1.165, 1.54) is 0 Å². The number of anilines is 2. The Labute approximate surface area is 111 Å². The van der Waals surface area contributed by atoms with E-state index >= 15 is 0 Å². The van der Waals surface area contributed by atoms with Gasteiger partial charge in [-0.1, -0.05) is 6.92 Å².